The van der Waals surface area contributed by atoms with Crippen LogP contribution >= 0.6 is 15.9 Å². The Labute approximate surface area is 129 Å². The molecule has 1 amide bonds. The maximum atomic E-state index is 11.6. The predicted octanol–water partition coefficient (Wildman–Crippen LogP) is 2.64. The molecular formula is C15H23BrN2O2. The zero-order chi connectivity index (χ0) is 14.8. The number of hydrogen-bond donors (Lipinski definition) is 2. The summed E-state index contributed by atoms with van der Waals surface area (Å²) in [6.45, 7) is 3.92. The lowest BCUT2D eigenvalue weighted by Crippen LogP contribution is -2.31. The average Bonchev–Trinajstić information content (AvgIpc) is 2.44. The molecule has 20 heavy (non-hydrogen) atoms. The summed E-state index contributed by atoms with van der Waals surface area (Å²) in [5, 5.41) is 6.23. The van der Waals surface area contributed by atoms with Crippen LogP contribution in [0, 0.1) is 0 Å². The van der Waals surface area contributed by atoms with Gasteiger partial charge in [0.25, 0.3) is 0 Å². The molecule has 1 unspecified atom stereocenters. The zero-order valence-corrected chi connectivity index (χ0v) is 13.7. The second-order valence-corrected chi connectivity index (χ2v) is 5.48. The van der Waals surface area contributed by atoms with Gasteiger partial charge in [-0.3, -0.25) is 4.79 Å². The van der Waals surface area contributed by atoms with Crippen molar-refractivity contribution in [2.75, 3.05) is 26.8 Å². The molecule has 2 N–H and O–H groups in total. The first kappa shape index (κ1) is 17.1. The molecule has 0 aliphatic heterocycles. The minimum atomic E-state index is 0.0543. The van der Waals surface area contributed by atoms with Gasteiger partial charge in [0.05, 0.1) is 6.61 Å². The van der Waals surface area contributed by atoms with Gasteiger partial charge in [-0.1, -0.05) is 35.0 Å². The lowest BCUT2D eigenvalue weighted by Gasteiger charge is -2.17. The van der Waals surface area contributed by atoms with Crippen LogP contribution in [-0.4, -0.2) is 32.7 Å². The fourth-order valence-electron chi connectivity index (χ4n) is 1.96. The van der Waals surface area contributed by atoms with Crippen LogP contribution in [0.2, 0.25) is 0 Å². The minimum Gasteiger partial charge on any atom is -0.383 e. The van der Waals surface area contributed by atoms with Crippen molar-refractivity contribution in [2.45, 2.75) is 25.8 Å². The van der Waals surface area contributed by atoms with Gasteiger partial charge in [0.1, 0.15) is 0 Å². The number of rotatable bonds is 9. The van der Waals surface area contributed by atoms with E-state index >= 15 is 0 Å². The molecule has 0 radical (unpaired) electrons. The average molecular weight is 343 g/mol. The highest BCUT2D eigenvalue weighted by molar-refractivity contribution is 9.10. The molecule has 4 nitrogen and oxygen atoms in total. The molecular weight excluding hydrogens is 320 g/mol. The molecule has 0 aliphatic carbocycles. The van der Waals surface area contributed by atoms with Crippen LogP contribution in [0.25, 0.3) is 0 Å². The molecule has 0 spiro atoms. The van der Waals surface area contributed by atoms with Gasteiger partial charge in [-0.05, 0) is 24.1 Å². The Kier molecular flexibility index (Phi) is 8.49. The first-order chi connectivity index (χ1) is 9.67. The third kappa shape index (κ3) is 6.50. The number of carbonyl (C=O) groups is 1. The monoisotopic (exact) mass is 342 g/mol. The van der Waals surface area contributed by atoms with Gasteiger partial charge < -0.3 is 15.4 Å². The Balaban J connectivity index is 2.33. The predicted molar refractivity (Wildman–Crippen MR) is 84.7 cm³/mol. The Morgan fingerprint density at radius 2 is 2.20 bits per heavy atom. The molecule has 0 aliphatic rings. The van der Waals surface area contributed by atoms with E-state index in [-0.39, 0.29) is 11.9 Å². The highest BCUT2D eigenvalue weighted by Crippen LogP contribution is 2.20. The normalized spacial score (nSPS) is 12.2. The molecule has 5 heteroatoms. The van der Waals surface area contributed by atoms with E-state index in [1.807, 2.05) is 12.1 Å². The first-order valence-electron chi connectivity index (χ1n) is 6.91. The molecule has 0 saturated carbocycles. The van der Waals surface area contributed by atoms with E-state index < -0.39 is 0 Å². The van der Waals surface area contributed by atoms with Crippen molar-refractivity contribution in [3.8, 4) is 0 Å². The third-order valence-corrected chi connectivity index (χ3v) is 3.52. The van der Waals surface area contributed by atoms with Crippen LogP contribution in [0.1, 0.15) is 31.4 Å². The van der Waals surface area contributed by atoms with Gasteiger partial charge in [0.2, 0.25) is 5.91 Å². The van der Waals surface area contributed by atoms with E-state index in [0.717, 1.165) is 10.9 Å². The van der Waals surface area contributed by atoms with Crippen molar-refractivity contribution < 1.29 is 9.53 Å². The maximum Gasteiger partial charge on any atom is 0.221 e. The van der Waals surface area contributed by atoms with E-state index in [1.54, 1.807) is 7.11 Å². The van der Waals surface area contributed by atoms with Crippen molar-refractivity contribution in [3.05, 3.63) is 34.3 Å². The number of nitrogens with one attached hydrogen (secondary N) is 2. The van der Waals surface area contributed by atoms with Crippen LogP contribution < -0.4 is 10.6 Å². The molecule has 0 bridgehead atoms. The molecule has 0 heterocycles. The lowest BCUT2D eigenvalue weighted by molar-refractivity contribution is -0.121. The van der Waals surface area contributed by atoms with Crippen molar-refractivity contribution in [1.29, 1.82) is 0 Å². The number of methoxy groups -OCH3 is 1. The molecule has 1 aromatic carbocycles. The summed E-state index contributed by atoms with van der Waals surface area (Å²) < 4.78 is 5.96. The van der Waals surface area contributed by atoms with E-state index in [0.29, 0.717) is 26.1 Å². The zero-order valence-electron chi connectivity index (χ0n) is 12.1. The number of carbonyl (C=O) groups excluding carboxylic acids is 1. The summed E-state index contributed by atoms with van der Waals surface area (Å²) in [6.07, 6.45) is 1.47. The summed E-state index contributed by atoms with van der Waals surface area (Å²) in [4.78, 5) is 11.6. The molecule has 0 aromatic heterocycles. The Bertz CT molecular complexity index is 413. The standard InChI is InChI=1S/C15H23BrN2O2/c1-3-14(12-5-4-6-13(16)11-12)17-8-7-15(19)18-9-10-20-2/h4-6,11,14,17H,3,7-10H2,1-2H3,(H,18,19). The van der Waals surface area contributed by atoms with Crippen LogP contribution in [0.4, 0.5) is 0 Å². The van der Waals surface area contributed by atoms with Crippen LogP contribution in [0.15, 0.2) is 28.7 Å². The topological polar surface area (TPSA) is 50.4 Å². The van der Waals surface area contributed by atoms with Gasteiger partial charge in [-0.15, -0.1) is 0 Å². The van der Waals surface area contributed by atoms with Crippen molar-refractivity contribution >= 4 is 21.8 Å². The molecule has 112 valence electrons. The summed E-state index contributed by atoms with van der Waals surface area (Å²) >= 11 is 3.48. The lowest BCUT2D eigenvalue weighted by atomic mass is 10.0. The summed E-state index contributed by atoms with van der Waals surface area (Å²) in [5.41, 5.74) is 1.24. The Morgan fingerprint density at radius 3 is 2.85 bits per heavy atom. The molecule has 1 aromatic rings. The van der Waals surface area contributed by atoms with E-state index in [2.05, 4.69) is 45.6 Å². The smallest absolute Gasteiger partial charge is 0.221 e. The number of hydrogen-bond acceptors (Lipinski definition) is 3. The third-order valence-electron chi connectivity index (χ3n) is 3.03. The first-order valence-corrected chi connectivity index (χ1v) is 7.71. The SMILES string of the molecule is CCC(NCCC(=O)NCCOC)c1cccc(Br)c1. The fourth-order valence-corrected chi connectivity index (χ4v) is 2.38. The van der Waals surface area contributed by atoms with Crippen LogP contribution in [0.5, 0.6) is 0 Å². The minimum absolute atomic E-state index is 0.0543. The van der Waals surface area contributed by atoms with Gasteiger partial charge >= 0.3 is 0 Å². The van der Waals surface area contributed by atoms with E-state index in [1.165, 1.54) is 5.56 Å². The highest BCUT2D eigenvalue weighted by Gasteiger charge is 2.09. The van der Waals surface area contributed by atoms with Gasteiger partial charge in [0.15, 0.2) is 0 Å². The number of amides is 1. The maximum absolute atomic E-state index is 11.6. The second-order valence-electron chi connectivity index (χ2n) is 4.56. The Hall–Kier alpha value is -0.910. The van der Waals surface area contributed by atoms with Crippen LogP contribution in [0.3, 0.4) is 0 Å². The Morgan fingerprint density at radius 1 is 1.40 bits per heavy atom. The summed E-state index contributed by atoms with van der Waals surface area (Å²) in [7, 11) is 1.62. The molecule has 1 atom stereocenters. The molecule has 0 saturated heterocycles. The molecule has 1 rings (SSSR count). The summed E-state index contributed by atoms with van der Waals surface area (Å²) in [6, 6.07) is 8.53. The van der Waals surface area contributed by atoms with E-state index in [9.17, 15) is 4.79 Å². The van der Waals surface area contributed by atoms with Gasteiger partial charge in [-0.2, -0.15) is 0 Å². The second kappa shape index (κ2) is 9.91. The fraction of sp³-hybridized carbons (Fsp3) is 0.533. The van der Waals surface area contributed by atoms with Gasteiger partial charge in [0, 0.05) is 37.1 Å². The van der Waals surface area contributed by atoms with Crippen molar-refractivity contribution in [1.82, 2.24) is 10.6 Å². The highest BCUT2D eigenvalue weighted by atomic mass is 79.9. The van der Waals surface area contributed by atoms with Gasteiger partial charge in [-0.25, -0.2) is 0 Å². The number of halogens is 1. The molecule has 0 fully saturated rings. The van der Waals surface area contributed by atoms with E-state index in [4.69, 9.17) is 4.74 Å². The van der Waals surface area contributed by atoms with Crippen molar-refractivity contribution in [2.24, 2.45) is 0 Å². The number of benzene rings is 1. The van der Waals surface area contributed by atoms with Crippen molar-refractivity contribution in [3.63, 3.8) is 0 Å². The largest absolute Gasteiger partial charge is 0.383 e. The summed E-state index contributed by atoms with van der Waals surface area (Å²) in [5.74, 6) is 0.0543. The number of ether oxygens (including phenoxy) is 1. The van der Waals surface area contributed by atoms with Crippen LogP contribution in [-0.2, 0) is 9.53 Å². The quantitative estimate of drug-likeness (QED) is 0.678.